The first-order chi connectivity index (χ1) is 9.88. The summed E-state index contributed by atoms with van der Waals surface area (Å²) in [6.07, 6.45) is 1.95. The predicted octanol–water partition coefficient (Wildman–Crippen LogP) is 3.69. The number of ether oxygens (including phenoxy) is 1. The topological polar surface area (TPSA) is 38.0 Å². The van der Waals surface area contributed by atoms with Gasteiger partial charge in [0, 0.05) is 11.6 Å². The molecule has 0 bridgehead atoms. The second-order valence-electron chi connectivity index (χ2n) is 4.60. The van der Waals surface area contributed by atoms with Crippen LogP contribution in [0.5, 0.6) is 0 Å². The number of nitrogens with zero attached hydrogens (tertiary/aromatic N) is 2. The zero-order valence-corrected chi connectivity index (χ0v) is 11.0. The Morgan fingerprint density at radius 3 is 2.65 bits per heavy atom. The largest absolute Gasteiger partial charge is 0.356 e. The first-order valence-electron chi connectivity index (χ1n) is 6.48. The Hall–Kier alpha value is -2.57. The molecule has 0 aliphatic carbocycles. The molecule has 3 nitrogen and oxygen atoms in total. The van der Waals surface area contributed by atoms with Crippen molar-refractivity contribution in [2.45, 2.75) is 13.3 Å². The van der Waals surface area contributed by atoms with Gasteiger partial charge in [0.15, 0.2) is 0 Å². The van der Waals surface area contributed by atoms with Gasteiger partial charge in [-0.2, -0.15) is 5.26 Å². The molecule has 0 amide bonds. The summed E-state index contributed by atoms with van der Waals surface area (Å²) in [7, 11) is 0. The van der Waals surface area contributed by atoms with E-state index < -0.39 is 0 Å². The Morgan fingerprint density at radius 2 is 1.85 bits per heavy atom. The number of aromatic nitrogens is 1. The maximum absolute atomic E-state index is 9.08. The van der Waals surface area contributed by atoms with E-state index in [1.54, 1.807) is 0 Å². The van der Waals surface area contributed by atoms with E-state index in [9.17, 15) is 0 Å². The van der Waals surface area contributed by atoms with Crippen molar-refractivity contribution in [3.8, 4) is 6.07 Å². The van der Waals surface area contributed by atoms with Crippen LogP contribution in [0.25, 0.3) is 10.9 Å². The van der Waals surface area contributed by atoms with Gasteiger partial charge in [0.1, 0.15) is 6.73 Å². The zero-order chi connectivity index (χ0) is 13.8. The molecule has 98 valence electrons. The van der Waals surface area contributed by atoms with Crippen LogP contribution < -0.4 is 0 Å². The lowest BCUT2D eigenvalue weighted by Gasteiger charge is -2.07. The fourth-order valence-corrected chi connectivity index (χ4v) is 2.27. The summed E-state index contributed by atoms with van der Waals surface area (Å²) in [5.74, 6) is 0. The third-order valence-electron chi connectivity index (χ3n) is 3.28. The lowest BCUT2D eigenvalue weighted by atomic mass is 10.1. The Morgan fingerprint density at radius 1 is 1.00 bits per heavy atom. The number of hydrogen-bond acceptors (Lipinski definition) is 2. The molecule has 0 saturated heterocycles. The Labute approximate surface area is 117 Å². The van der Waals surface area contributed by atoms with Crippen LogP contribution in [0.1, 0.15) is 11.1 Å². The Bertz CT molecular complexity index is 754. The van der Waals surface area contributed by atoms with Gasteiger partial charge in [-0.15, -0.1) is 0 Å². The molecule has 0 aliphatic heterocycles. The van der Waals surface area contributed by atoms with Crippen molar-refractivity contribution in [1.29, 1.82) is 5.26 Å². The van der Waals surface area contributed by atoms with E-state index in [4.69, 9.17) is 10.00 Å². The summed E-state index contributed by atoms with van der Waals surface area (Å²) < 4.78 is 7.74. The van der Waals surface area contributed by atoms with Crippen molar-refractivity contribution in [2.24, 2.45) is 0 Å². The van der Waals surface area contributed by atoms with Gasteiger partial charge in [-0.1, -0.05) is 36.4 Å². The van der Waals surface area contributed by atoms with Crippen molar-refractivity contribution in [3.05, 3.63) is 71.9 Å². The number of hydrogen-bond donors (Lipinski definition) is 0. The highest BCUT2D eigenvalue weighted by molar-refractivity contribution is 5.85. The molecule has 0 fully saturated rings. The van der Waals surface area contributed by atoms with Gasteiger partial charge < -0.3 is 9.30 Å². The third kappa shape index (κ3) is 2.42. The van der Waals surface area contributed by atoms with Crippen LogP contribution in [0.15, 0.2) is 60.8 Å². The lowest BCUT2D eigenvalue weighted by Crippen LogP contribution is -2.01. The highest BCUT2D eigenvalue weighted by atomic mass is 16.5. The highest BCUT2D eigenvalue weighted by Gasteiger charge is 2.04. The molecule has 0 spiro atoms. The van der Waals surface area contributed by atoms with Crippen LogP contribution in [0.4, 0.5) is 0 Å². The monoisotopic (exact) mass is 262 g/mol. The van der Waals surface area contributed by atoms with Crippen LogP contribution >= 0.6 is 0 Å². The van der Waals surface area contributed by atoms with Gasteiger partial charge in [-0.3, -0.25) is 0 Å². The second-order valence-corrected chi connectivity index (χ2v) is 4.60. The molecule has 0 unspecified atom stereocenters. The molecule has 0 N–H and O–H groups in total. The molecule has 2 aromatic carbocycles. The lowest BCUT2D eigenvalue weighted by molar-refractivity contribution is 0.0668. The fourth-order valence-electron chi connectivity index (χ4n) is 2.27. The molecule has 1 heterocycles. The summed E-state index contributed by atoms with van der Waals surface area (Å²) in [6, 6.07) is 20.0. The van der Waals surface area contributed by atoms with E-state index in [1.807, 2.05) is 65.4 Å². The average molecular weight is 262 g/mol. The van der Waals surface area contributed by atoms with Crippen LogP contribution in [-0.4, -0.2) is 4.57 Å². The number of fused-ring (bicyclic) bond motifs is 1. The van der Waals surface area contributed by atoms with Crippen LogP contribution in [0.2, 0.25) is 0 Å². The van der Waals surface area contributed by atoms with Crippen molar-refractivity contribution in [2.75, 3.05) is 0 Å². The summed E-state index contributed by atoms with van der Waals surface area (Å²) in [4.78, 5) is 0. The first-order valence-corrected chi connectivity index (χ1v) is 6.48. The van der Waals surface area contributed by atoms with Gasteiger partial charge in [-0.25, -0.2) is 0 Å². The van der Waals surface area contributed by atoms with Gasteiger partial charge in [0.2, 0.25) is 0 Å². The fraction of sp³-hybridized carbons (Fsp3) is 0.118. The molecule has 20 heavy (non-hydrogen) atoms. The van der Waals surface area contributed by atoms with Crippen LogP contribution in [-0.2, 0) is 18.1 Å². The molecule has 1 aromatic heterocycles. The van der Waals surface area contributed by atoms with Gasteiger partial charge in [0.25, 0.3) is 0 Å². The minimum absolute atomic E-state index is 0.479. The van der Waals surface area contributed by atoms with Gasteiger partial charge in [0.05, 0.1) is 23.8 Å². The van der Waals surface area contributed by atoms with Crippen LogP contribution in [0.3, 0.4) is 0 Å². The first kappa shape index (κ1) is 12.5. The molecule has 0 radical (unpaired) electrons. The summed E-state index contributed by atoms with van der Waals surface area (Å²) in [5, 5.41) is 10.0. The Kier molecular flexibility index (Phi) is 3.49. The smallest absolute Gasteiger partial charge is 0.123 e. The summed E-state index contributed by atoms with van der Waals surface area (Å²) in [6.45, 7) is 1.06. The molecule has 3 aromatic rings. The highest BCUT2D eigenvalue weighted by Crippen LogP contribution is 2.19. The minimum atomic E-state index is 0.479. The number of benzene rings is 2. The van der Waals surface area contributed by atoms with Gasteiger partial charge in [-0.05, 0) is 23.8 Å². The normalized spacial score (nSPS) is 10.6. The standard InChI is InChI=1S/C17H14N2O/c18-11-15-7-4-8-17-16(15)9-10-19(17)13-20-12-14-5-2-1-3-6-14/h1-10H,12-13H2. The van der Waals surface area contributed by atoms with E-state index in [0.717, 1.165) is 16.5 Å². The van der Waals surface area contributed by atoms with Crippen molar-refractivity contribution < 1.29 is 4.74 Å². The molecular weight excluding hydrogens is 248 g/mol. The summed E-state index contributed by atoms with van der Waals surface area (Å²) in [5.41, 5.74) is 2.88. The average Bonchev–Trinajstić information content (AvgIpc) is 2.92. The zero-order valence-electron chi connectivity index (χ0n) is 11.0. The third-order valence-corrected chi connectivity index (χ3v) is 3.28. The van der Waals surface area contributed by atoms with Crippen LogP contribution in [0, 0.1) is 11.3 Å². The van der Waals surface area contributed by atoms with E-state index in [2.05, 4.69) is 6.07 Å². The maximum atomic E-state index is 9.08. The van der Waals surface area contributed by atoms with Crippen molar-refractivity contribution in [3.63, 3.8) is 0 Å². The Balaban J connectivity index is 1.74. The number of rotatable bonds is 4. The van der Waals surface area contributed by atoms with E-state index in [0.29, 0.717) is 18.9 Å². The minimum Gasteiger partial charge on any atom is -0.356 e. The summed E-state index contributed by atoms with van der Waals surface area (Å²) >= 11 is 0. The molecule has 0 atom stereocenters. The van der Waals surface area contributed by atoms with E-state index in [1.165, 1.54) is 0 Å². The molecule has 3 rings (SSSR count). The molecule has 0 saturated carbocycles. The SMILES string of the molecule is N#Cc1cccc2c1ccn2COCc1ccccc1. The number of nitriles is 1. The molecule has 0 aliphatic rings. The maximum Gasteiger partial charge on any atom is 0.123 e. The molecular formula is C17H14N2O. The van der Waals surface area contributed by atoms with Crippen molar-refractivity contribution >= 4 is 10.9 Å². The van der Waals surface area contributed by atoms with Gasteiger partial charge >= 0.3 is 0 Å². The quantitative estimate of drug-likeness (QED) is 0.719. The molecule has 3 heteroatoms. The predicted molar refractivity (Wildman–Crippen MR) is 77.9 cm³/mol. The second kappa shape index (κ2) is 5.60. The van der Waals surface area contributed by atoms with E-state index in [-0.39, 0.29) is 0 Å². The van der Waals surface area contributed by atoms with E-state index >= 15 is 0 Å². The van der Waals surface area contributed by atoms with Crippen molar-refractivity contribution in [1.82, 2.24) is 4.57 Å².